The van der Waals surface area contributed by atoms with Crippen molar-refractivity contribution in [3.63, 3.8) is 0 Å². The SMILES string of the molecule is CN(CC1(C)COCC1N)c1ccc(F)cc1. The van der Waals surface area contributed by atoms with E-state index in [9.17, 15) is 4.39 Å². The predicted molar refractivity (Wildman–Crippen MR) is 66.6 cm³/mol. The second kappa shape index (κ2) is 4.63. The number of anilines is 1. The molecule has 2 atom stereocenters. The smallest absolute Gasteiger partial charge is 0.123 e. The van der Waals surface area contributed by atoms with E-state index in [0.29, 0.717) is 13.2 Å². The van der Waals surface area contributed by atoms with Crippen LogP contribution in [0.3, 0.4) is 0 Å². The van der Waals surface area contributed by atoms with Gasteiger partial charge in [-0.25, -0.2) is 4.39 Å². The molecule has 0 spiro atoms. The van der Waals surface area contributed by atoms with Gasteiger partial charge in [-0.05, 0) is 24.3 Å². The van der Waals surface area contributed by atoms with E-state index in [1.165, 1.54) is 12.1 Å². The molecule has 0 aliphatic carbocycles. The molecule has 4 heteroatoms. The highest BCUT2D eigenvalue weighted by Crippen LogP contribution is 2.29. The standard InChI is InChI=1S/C13H19FN2O/c1-13(9-17-7-12(13)15)8-16(2)11-5-3-10(14)4-6-11/h3-6,12H,7-9,15H2,1-2H3. The van der Waals surface area contributed by atoms with Crippen LogP contribution in [0.2, 0.25) is 0 Å². The van der Waals surface area contributed by atoms with Crippen molar-refractivity contribution >= 4 is 5.69 Å². The number of rotatable bonds is 3. The number of hydrogen-bond donors (Lipinski definition) is 1. The Bertz CT molecular complexity index is 382. The first-order valence-electron chi connectivity index (χ1n) is 5.81. The lowest BCUT2D eigenvalue weighted by molar-refractivity contribution is 0.162. The normalized spacial score (nSPS) is 28.4. The fraction of sp³-hybridized carbons (Fsp3) is 0.538. The Kier molecular flexibility index (Phi) is 3.35. The van der Waals surface area contributed by atoms with E-state index in [4.69, 9.17) is 10.5 Å². The summed E-state index contributed by atoms with van der Waals surface area (Å²) in [5.41, 5.74) is 7.01. The molecule has 0 radical (unpaired) electrons. The van der Waals surface area contributed by atoms with Crippen LogP contribution in [0.25, 0.3) is 0 Å². The van der Waals surface area contributed by atoms with Crippen LogP contribution in [0, 0.1) is 11.2 Å². The van der Waals surface area contributed by atoms with Gasteiger partial charge in [-0.1, -0.05) is 6.92 Å². The van der Waals surface area contributed by atoms with Gasteiger partial charge in [0.25, 0.3) is 0 Å². The zero-order valence-electron chi connectivity index (χ0n) is 10.3. The summed E-state index contributed by atoms with van der Waals surface area (Å²) in [4.78, 5) is 2.09. The number of nitrogens with two attached hydrogens (primary N) is 1. The third-order valence-corrected chi connectivity index (χ3v) is 3.49. The molecule has 1 fully saturated rings. The van der Waals surface area contributed by atoms with Gasteiger partial charge >= 0.3 is 0 Å². The molecule has 0 bridgehead atoms. The quantitative estimate of drug-likeness (QED) is 0.869. The van der Waals surface area contributed by atoms with Gasteiger partial charge in [0.05, 0.1) is 13.2 Å². The monoisotopic (exact) mass is 238 g/mol. The minimum absolute atomic E-state index is 0.0386. The maximum atomic E-state index is 12.8. The summed E-state index contributed by atoms with van der Waals surface area (Å²) in [6, 6.07) is 6.56. The van der Waals surface area contributed by atoms with Gasteiger partial charge < -0.3 is 15.4 Å². The molecule has 1 aromatic rings. The molecule has 1 aliphatic heterocycles. The summed E-state index contributed by atoms with van der Waals surface area (Å²) >= 11 is 0. The molecule has 2 rings (SSSR count). The van der Waals surface area contributed by atoms with Gasteiger partial charge in [0.15, 0.2) is 0 Å². The molecule has 2 N–H and O–H groups in total. The van der Waals surface area contributed by atoms with Crippen LogP contribution in [0.4, 0.5) is 10.1 Å². The van der Waals surface area contributed by atoms with Crippen LogP contribution in [0.1, 0.15) is 6.92 Å². The highest BCUT2D eigenvalue weighted by Gasteiger charge is 2.38. The Labute approximate surface area is 101 Å². The molecule has 1 saturated heterocycles. The van der Waals surface area contributed by atoms with Crippen molar-refractivity contribution in [3.8, 4) is 0 Å². The Morgan fingerprint density at radius 2 is 2.12 bits per heavy atom. The van der Waals surface area contributed by atoms with Crippen molar-refractivity contribution in [2.45, 2.75) is 13.0 Å². The van der Waals surface area contributed by atoms with E-state index < -0.39 is 0 Å². The Morgan fingerprint density at radius 1 is 1.47 bits per heavy atom. The molecule has 1 heterocycles. The topological polar surface area (TPSA) is 38.5 Å². The van der Waals surface area contributed by atoms with Crippen LogP contribution in [-0.2, 0) is 4.74 Å². The van der Waals surface area contributed by atoms with E-state index in [1.807, 2.05) is 7.05 Å². The van der Waals surface area contributed by atoms with Crippen molar-refractivity contribution in [1.29, 1.82) is 0 Å². The molecule has 94 valence electrons. The molecular formula is C13H19FN2O. The van der Waals surface area contributed by atoms with Gasteiger partial charge in [0, 0.05) is 30.7 Å². The molecule has 0 amide bonds. The first-order valence-corrected chi connectivity index (χ1v) is 5.81. The molecule has 1 aromatic carbocycles. The van der Waals surface area contributed by atoms with Crippen LogP contribution >= 0.6 is 0 Å². The van der Waals surface area contributed by atoms with Crippen LogP contribution in [0.15, 0.2) is 24.3 Å². The van der Waals surface area contributed by atoms with E-state index in [-0.39, 0.29) is 17.3 Å². The maximum Gasteiger partial charge on any atom is 0.123 e. The van der Waals surface area contributed by atoms with Crippen LogP contribution < -0.4 is 10.6 Å². The zero-order chi connectivity index (χ0) is 12.5. The summed E-state index contributed by atoms with van der Waals surface area (Å²) in [7, 11) is 1.99. The molecule has 0 saturated carbocycles. The lowest BCUT2D eigenvalue weighted by Crippen LogP contribution is -2.46. The number of benzene rings is 1. The van der Waals surface area contributed by atoms with Gasteiger partial charge in [-0.15, -0.1) is 0 Å². The average molecular weight is 238 g/mol. The first-order chi connectivity index (χ1) is 8.01. The highest BCUT2D eigenvalue weighted by atomic mass is 19.1. The fourth-order valence-electron chi connectivity index (χ4n) is 2.22. The fourth-order valence-corrected chi connectivity index (χ4v) is 2.22. The zero-order valence-corrected chi connectivity index (χ0v) is 10.3. The average Bonchev–Trinajstić information content (AvgIpc) is 2.60. The third kappa shape index (κ3) is 2.58. The minimum Gasteiger partial charge on any atom is -0.379 e. The summed E-state index contributed by atoms with van der Waals surface area (Å²) < 4.78 is 18.3. The predicted octanol–water partition coefficient (Wildman–Crippen LogP) is 1.63. The highest BCUT2D eigenvalue weighted by molar-refractivity contribution is 5.45. The van der Waals surface area contributed by atoms with Crippen LogP contribution in [0.5, 0.6) is 0 Å². The van der Waals surface area contributed by atoms with Crippen molar-refractivity contribution in [2.24, 2.45) is 11.1 Å². The number of nitrogens with zero attached hydrogens (tertiary/aromatic N) is 1. The van der Waals surface area contributed by atoms with E-state index in [1.54, 1.807) is 12.1 Å². The molecule has 17 heavy (non-hydrogen) atoms. The number of halogens is 1. The third-order valence-electron chi connectivity index (χ3n) is 3.49. The lowest BCUT2D eigenvalue weighted by Gasteiger charge is -2.33. The molecule has 3 nitrogen and oxygen atoms in total. The number of ether oxygens (including phenoxy) is 1. The van der Waals surface area contributed by atoms with Crippen molar-refractivity contribution in [3.05, 3.63) is 30.1 Å². The van der Waals surface area contributed by atoms with Crippen molar-refractivity contribution in [2.75, 3.05) is 31.7 Å². The Morgan fingerprint density at radius 3 is 2.65 bits per heavy atom. The van der Waals surface area contributed by atoms with Gasteiger partial charge in [0.2, 0.25) is 0 Å². The summed E-state index contributed by atoms with van der Waals surface area (Å²) in [5.74, 6) is -0.214. The van der Waals surface area contributed by atoms with Gasteiger partial charge in [-0.3, -0.25) is 0 Å². The van der Waals surface area contributed by atoms with Crippen molar-refractivity contribution < 1.29 is 9.13 Å². The van der Waals surface area contributed by atoms with E-state index in [0.717, 1.165) is 12.2 Å². The van der Waals surface area contributed by atoms with E-state index >= 15 is 0 Å². The second-order valence-corrected chi connectivity index (χ2v) is 5.11. The summed E-state index contributed by atoms with van der Waals surface area (Å²) in [5, 5.41) is 0. The number of hydrogen-bond acceptors (Lipinski definition) is 3. The van der Waals surface area contributed by atoms with Crippen molar-refractivity contribution in [1.82, 2.24) is 0 Å². The molecular weight excluding hydrogens is 219 g/mol. The molecule has 2 unspecified atom stereocenters. The molecule has 1 aliphatic rings. The molecule has 0 aromatic heterocycles. The first kappa shape index (κ1) is 12.3. The second-order valence-electron chi connectivity index (χ2n) is 5.11. The van der Waals surface area contributed by atoms with Crippen LogP contribution in [-0.4, -0.2) is 32.8 Å². The Balaban J connectivity index is 2.06. The van der Waals surface area contributed by atoms with Gasteiger partial charge in [-0.2, -0.15) is 0 Å². The van der Waals surface area contributed by atoms with Gasteiger partial charge in [0.1, 0.15) is 5.82 Å². The summed E-state index contributed by atoms with van der Waals surface area (Å²) in [6.07, 6.45) is 0. The maximum absolute atomic E-state index is 12.8. The summed E-state index contributed by atoms with van der Waals surface area (Å²) in [6.45, 7) is 4.23. The lowest BCUT2D eigenvalue weighted by atomic mass is 9.85. The Hall–Kier alpha value is -1.13. The largest absolute Gasteiger partial charge is 0.379 e. The minimum atomic E-state index is -0.214. The van der Waals surface area contributed by atoms with E-state index in [2.05, 4.69) is 11.8 Å².